The molecule has 0 bridgehead atoms. The van der Waals surface area contributed by atoms with Crippen molar-refractivity contribution in [3.63, 3.8) is 0 Å². The van der Waals surface area contributed by atoms with Gasteiger partial charge in [0.05, 0.1) is 9.94 Å². The molecule has 0 fully saturated rings. The van der Waals surface area contributed by atoms with Crippen molar-refractivity contribution >= 4 is 17.6 Å². The van der Waals surface area contributed by atoms with Crippen LogP contribution < -0.4 is 0 Å². The third-order valence-electron chi connectivity index (χ3n) is 3.99. The molecule has 0 aromatic heterocycles. The van der Waals surface area contributed by atoms with Gasteiger partial charge in [0.2, 0.25) is 0 Å². The highest BCUT2D eigenvalue weighted by atomic mass is 35.5. The lowest BCUT2D eigenvalue weighted by molar-refractivity contribution is -0.146. The Balaban J connectivity index is 3.73. The Morgan fingerprint density at radius 3 is 2.12 bits per heavy atom. The molecular weight excluding hydrogens is 336 g/mol. The minimum atomic E-state index is -3.42. The van der Waals surface area contributed by atoms with Crippen molar-refractivity contribution in [1.82, 2.24) is 0 Å². The lowest BCUT2D eigenvalue weighted by Crippen LogP contribution is -2.19. The van der Waals surface area contributed by atoms with Crippen LogP contribution in [0.25, 0.3) is 0 Å². The lowest BCUT2D eigenvalue weighted by atomic mass is 10.1. The van der Waals surface area contributed by atoms with E-state index in [1.807, 2.05) is 0 Å². The molecule has 148 valence electrons. The third-order valence-corrected chi connectivity index (χ3v) is 4.17. The highest BCUT2D eigenvalue weighted by Crippen LogP contribution is 2.10. The molecule has 0 aliphatic rings. The van der Waals surface area contributed by atoms with E-state index in [0.29, 0.717) is 6.42 Å². The quantitative estimate of drug-likeness (QED) is 0.134. The fraction of sp³-hybridized carbons (Fsp3) is 0.857. The maximum absolute atomic E-state index is 11.7. The molecule has 0 saturated heterocycles. The molecule has 0 amide bonds. The summed E-state index contributed by atoms with van der Waals surface area (Å²) in [5, 5.41) is 9.63. The zero-order valence-electron chi connectivity index (χ0n) is 20.7. The van der Waals surface area contributed by atoms with Gasteiger partial charge < -0.3 is 9.84 Å². The zero-order chi connectivity index (χ0) is 23.1. The lowest BCUT2D eigenvalue weighted by Gasteiger charge is -2.07. The van der Waals surface area contributed by atoms with Gasteiger partial charge in [-0.05, 0) is 32.1 Å². The van der Waals surface area contributed by atoms with E-state index in [0.717, 1.165) is 38.5 Å². The number of hydrogen-bond acceptors (Lipinski definition) is 3. The van der Waals surface area contributed by atoms with Gasteiger partial charge in [0.1, 0.15) is 12.6 Å². The van der Waals surface area contributed by atoms with E-state index in [-0.39, 0.29) is 6.42 Å². The first-order valence-corrected chi connectivity index (χ1v) is 10.1. The van der Waals surface area contributed by atoms with Crippen LogP contribution in [0.2, 0.25) is 0 Å². The highest BCUT2D eigenvalue weighted by molar-refractivity contribution is 6.18. The van der Waals surface area contributed by atoms with Crippen molar-refractivity contribution in [2.45, 2.75) is 103 Å². The number of alkyl halides is 1. The standard InChI is InChI=1S/C21H39ClO3/c1-2-3-4-5-6-7-8-9-10-11-12-13-14-15-16-17-21(24)25-19-20(23)18-22/h9-10,20,23H,2-8,11-19H2,1H3/b10-9-/i18D2,19D2,20D. The first-order chi connectivity index (χ1) is 14.0. The van der Waals surface area contributed by atoms with E-state index in [1.54, 1.807) is 0 Å². The van der Waals surface area contributed by atoms with Gasteiger partial charge in [-0.1, -0.05) is 70.4 Å². The second-order valence-electron chi connectivity index (χ2n) is 6.35. The maximum atomic E-state index is 11.7. The van der Waals surface area contributed by atoms with Crippen molar-refractivity contribution in [1.29, 1.82) is 0 Å². The fourth-order valence-electron chi connectivity index (χ4n) is 2.52. The Hall–Kier alpha value is -0.540. The van der Waals surface area contributed by atoms with Crippen molar-refractivity contribution in [2.24, 2.45) is 0 Å². The summed E-state index contributed by atoms with van der Waals surface area (Å²) in [5.41, 5.74) is 0. The molecule has 0 aromatic rings. The number of allylic oxidation sites excluding steroid dienone is 2. The summed E-state index contributed by atoms with van der Waals surface area (Å²) < 4.78 is 41.0. The summed E-state index contributed by atoms with van der Waals surface area (Å²) in [7, 11) is 0. The first-order valence-electron chi connectivity index (χ1n) is 12.2. The minimum absolute atomic E-state index is 0.0565. The van der Waals surface area contributed by atoms with Gasteiger partial charge in [0.15, 0.2) is 0 Å². The van der Waals surface area contributed by atoms with Gasteiger partial charge in [-0.15, -0.1) is 11.6 Å². The Bertz CT molecular complexity index is 494. The van der Waals surface area contributed by atoms with Gasteiger partial charge in [0, 0.05) is 9.16 Å². The predicted molar refractivity (Wildman–Crippen MR) is 107 cm³/mol. The summed E-state index contributed by atoms with van der Waals surface area (Å²) in [5.74, 6) is -4.04. The number of aliphatic hydroxyl groups is 1. The number of esters is 1. The van der Waals surface area contributed by atoms with Crippen LogP contribution in [0.4, 0.5) is 0 Å². The summed E-state index contributed by atoms with van der Waals surface area (Å²) in [6.07, 6.45) is 15.5. The van der Waals surface area contributed by atoms with E-state index >= 15 is 0 Å². The van der Waals surface area contributed by atoms with Gasteiger partial charge in [0.25, 0.3) is 0 Å². The number of ether oxygens (including phenoxy) is 1. The number of unbranched alkanes of at least 4 members (excludes halogenated alkanes) is 11. The summed E-state index contributed by atoms with van der Waals surface area (Å²) in [6.45, 7) is -1.03. The Morgan fingerprint density at radius 2 is 1.56 bits per heavy atom. The van der Waals surface area contributed by atoms with Crippen LogP contribution in [0.15, 0.2) is 12.2 Å². The number of carbonyl (C=O) groups is 1. The molecule has 25 heavy (non-hydrogen) atoms. The van der Waals surface area contributed by atoms with Crippen molar-refractivity contribution < 1.29 is 21.5 Å². The van der Waals surface area contributed by atoms with E-state index in [1.165, 1.54) is 38.5 Å². The summed E-state index contributed by atoms with van der Waals surface area (Å²) >= 11 is 5.20. The molecule has 0 radical (unpaired) electrons. The first kappa shape index (κ1) is 16.6. The van der Waals surface area contributed by atoms with Crippen LogP contribution in [0, 0.1) is 0 Å². The van der Waals surface area contributed by atoms with Crippen LogP contribution in [0.5, 0.6) is 0 Å². The van der Waals surface area contributed by atoms with Gasteiger partial charge >= 0.3 is 5.97 Å². The van der Waals surface area contributed by atoms with E-state index < -0.39 is 24.4 Å². The minimum Gasteiger partial charge on any atom is -0.463 e. The van der Waals surface area contributed by atoms with Crippen LogP contribution in [0.3, 0.4) is 0 Å². The van der Waals surface area contributed by atoms with Crippen LogP contribution in [-0.2, 0) is 9.53 Å². The van der Waals surface area contributed by atoms with Crippen molar-refractivity contribution in [3.05, 3.63) is 12.2 Å². The smallest absolute Gasteiger partial charge is 0.305 e. The number of hydrogen-bond donors (Lipinski definition) is 1. The molecule has 1 N–H and O–H groups in total. The largest absolute Gasteiger partial charge is 0.463 e. The number of rotatable bonds is 18. The molecule has 1 atom stereocenters. The highest BCUT2D eigenvalue weighted by Gasteiger charge is 2.07. The second-order valence-corrected chi connectivity index (χ2v) is 6.54. The van der Waals surface area contributed by atoms with Gasteiger partial charge in [-0.25, -0.2) is 0 Å². The molecule has 0 heterocycles. The molecule has 0 spiro atoms. The Kier molecular flexibility index (Phi) is 13.2. The fourth-order valence-corrected chi connectivity index (χ4v) is 2.55. The van der Waals surface area contributed by atoms with Crippen molar-refractivity contribution in [2.75, 3.05) is 12.4 Å². The molecule has 0 aliphatic heterocycles. The van der Waals surface area contributed by atoms with Gasteiger partial charge in [-0.3, -0.25) is 4.79 Å². The van der Waals surface area contributed by atoms with Gasteiger partial charge in [-0.2, -0.15) is 0 Å². The third kappa shape index (κ3) is 19.6. The molecule has 1 unspecified atom stereocenters. The number of carbonyl (C=O) groups excluding carboxylic acids is 1. The summed E-state index contributed by atoms with van der Waals surface area (Å²) in [4.78, 5) is 11.7. The molecule has 0 saturated carbocycles. The molecular formula is C21H39ClO3. The average Bonchev–Trinajstić information content (AvgIpc) is 2.63. The molecule has 3 nitrogen and oxygen atoms in total. The molecule has 4 heteroatoms. The molecule has 0 aromatic carbocycles. The normalized spacial score (nSPS) is 18.0. The van der Waals surface area contributed by atoms with Crippen molar-refractivity contribution in [3.8, 4) is 0 Å². The predicted octanol–water partition coefficient (Wildman–Crippen LogP) is 6.17. The van der Waals surface area contributed by atoms with Crippen LogP contribution in [-0.4, -0.2) is 29.5 Å². The SMILES string of the molecule is [2H]C([2H])(Cl)C([2H])(O)C([2H])([2H])OC(=O)CCCCCCC/C=C\CCCCCCCC. The Morgan fingerprint density at radius 1 is 1.04 bits per heavy atom. The Labute approximate surface area is 167 Å². The van der Waals surface area contributed by atoms with Crippen LogP contribution in [0.1, 0.15) is 104 Å². The maximum Gasteiger partial charge on any atom is 0.305 e. The number of halogens is 1. The monoisotopic (exact) mass is 379 g/mol. The summed E-state index contributed by atoms with van der Waals surface area (Å²) in [6, 6.07) is 0. The molecule has 0 aliphatic carbocycles. The zero-order valence-corrected chi connectivity index (χ0v) is 16.5. The topological polar surface area (TPSA) is 46.5 Å². The van der Waals surface area contributed by atoms with E-state index in [2.05, 4.69) is 23.8 Å². The second kappa shape index (κ2) is 19.8. The van der Waals surface area contributed by atoms with Crippen LogP contribution >= 0.6 is 11.6 Å². The van der Waals surface area contributed by atoms with E-state index in [9.17, 15) is 9.90 Å². The van der Waals surface area contributed by atoms with E-state index in [4.69, 9.17) is 18.5 Å². The molecule has 0 rings (SSSR count). The average molecular weight is 380 g/mol.